The second-order valence-electron chi connectivity index (χ2n) is 15.5. The number of rotatable bonds is 6. The maximum Gasteiger partial charge on any atom is 0.246 e. The summed E-state index contributed by atoms with van der Waals surface area (Å²) in [5.74, 6) is -8.46. The molecule has 5 rings (SSSR count). The maximum absolute atomic E-state index is 14.3. The molecule has 0 saturated carbocycles. The fraction of sp³-hybridized carbons (Fsp3) is 0.564. The van der Waals surface area contributed by atoms with E-state index in [4.69, 9.17) is 5.73 Å². The van der Waals surface area contributed by atoms with Crippen LogP contribution in [0, 0.1) is 11.8 Å². The number of carbonyl (C=O) groups excluding carboxylic acids is 9. The number of nitrogens with two attached hydrogens (primary N) is 1. The molecule has 20 nitrogen and oxygen atoms in total. The van der Waals surface area contributed by atoms with Gasteiger partial charge in [-0.05, 0) is 23.5 Å². The van der Waals surface area contributed by atoms with Gasteiger partial charge in [0.2, 0.25) is 53.2 Å². The van der Waals surface area contributed by atoms with E-state index in [1.165, 1.54) is 0 Å². The number of fused-ring (bicyclic) bond motifs is 5. The Morgan fingerprint density at radius 1 is 0.800 bits per heavy atom. The summed E-state index contributed by atoms with van der Waals surface area (Å²) >= 11 is 1.08. The molecule has 3 aliphatic heterocycles. The number of aliphatic hydroxyl groups excluding tert-OH is 1. The first-order chi connectivity index (χ1) is 28.5. The van der Waals surface area contributed by atoms with Crippen LogP contribution in [0.5, 0.6) is 0 Å². The van der Waals surface area contributed by atoms with E-state index in [1.54, 1.807) is 52.0 Å². The van der Waals surface area contributed by atoms with Crippen molar-refractivity contribution in [1.29, 1.82) is 0 Å². The molecule has 1 fully saturated rings. The van der Waals surface area contributed by atoms with E-state index < -0.39 is 127 Å². The summed E-state index contributed by atoms with van der Waals surface area (Å²) in [5.41, 5.74) is 6.70. The second-order valence-corrected chi connectivity index (χ2v) is 16.6. The summed E-state index contributed by atoms with van der Waals surface area (Å²) in [6, 6.07) is -1.00. The van der Waals surface area contributed by atoms with Gasteiger partial charge in [0.1, 0.15) is 36.3 Å². The fourth-order valence-corrected chi connectivity index (χ4v) is 8.51. The van der Waals surface area contributed by atoms with Crippen molar-refractivity contribution in [3.63, 3.8) is 0 Å². The van der Waals surface area contributed by atoms with Gasteiger partial charge in [0.05, 0.1) is 30.6 Å². The first kappa shape index (κ1) is 45.4. The van der Waals surface area contributed by atoms with Crippen molar-refractivity contribution in [2.24, 2.45) is 17.6 Å². The summed E-state index contributed by atoms with van der Waals surface area (Å²) in [5, 5.41) is 30.1. The molecule has 0 aliphatic carbocycles. The third-order valence-electron chi connectivity index (χ3n) is 11.2. The summed E-state index contributed by atoms with van der Waals surface area (Å²) in [4.78, 5) is 128. The summed E-state index contributed by atoms with van der Waals surface area (Å²) < 4.78 is 0. The van der Waals surface area contributed by atoms with E-state index >= 15 is 0 Å². The van der Waals surface area contributed by atoms with E-state index in [2.05, 4.69) is 42.2 Å². The summed E-state index contributed by atoms with van der Waals surface area (Å²) in [7, 11) is 0. The molecule has 2 aromatic rings. The van der Waals surface area contributed by atoms with Gasteiger partial charge >= 0.3 is 0 Å². The van der Waals surface area contributed by atoms with Crippen molar-refractivity contribution in [1.82, 2.24) is 47.1 Å². The lowest BCUT2D eigenvalue weighted by Crippen LogP contribution is -2.61. The van der Waals surface area contributed by atoms with E-state index in [-0.39, 0.29) is 25.1 Å². The number of thioether (sulfide) groups is 1. The Hall–Kier alpha value is -5.70. The molecule has 4 heterocycles. The van der Waals surface area contributed by atoms with Gasteiger partial charge in [-0.2, -0.15) is 0 Å². The van der Waals surface area contributed by atoms with Crippen LogP contribution < -0.4 is 43.0 Å². The van der Waals surface area contributed by atoms with Crippen LogP contribution in [0.15, 0.2) is 29.3 Å². The van der Waals surface area contributed by atoms with Crippen molar-refractivity contribution >= 4 is 75.8 Å². The Morgan fingerprint density at radius 3 is 2.10 bits per heavy atom. The first-order valence-electron chi connectivity index (χ1n) is 20.1. The molecule has 326 valence electrons. The quantitative estimate of drug-likeness (QED) is 0.144. The molecule has 0 spiro atoms. The number of hydrogen-bond donors (Lipinski definition) is 10. The van der Waals surface area contributed by atoms with Crippen LogP contribution in [0.25, 0.3) is 10.9 Å². The third kappa shape index (κ3) is 10.9. The molecule has 60 heavy (non-hydrogen) atoms. The van der Waals surface area contributed by atoms with Crippen LogP contribution in [0.2, 0.25) is 0 Å². The van der Waals surface area contributed by atoms with Crippen molar-refractivity contribution in [3.05, 3.63) is 29.8 Å². The molecule has 1 aromatic heterocycles. The maximum atomic E-state index is 14.3. The Morgan fingerprint density at radius 2 is 1.43 bits per heavy atom. The highest BCUT2D eigenvalue weighted by Crippen LogP contribution is 2.32. The molecule has 2 bridgehead atoms. The molecule has 11 N–H and O–H groups in total. The lowest BCUT2D eigenvalue weighted by atomic mass is 9.96. The predicted molar refractivity (Wildman–Crippen MR) is 217 cm³/mol. The van der Waals surface area contributed by atoms with Gasteiger partial charge in [0.15, 0.2) is 0 Å². The Kier molecular flexibility index (Phi) is 15.2. The lowest BCUT2D eigenvalue weighted by Gasteiger charge is -2.32. The highest BCUT2D eigenvalue weighted by Gasteiger charge is 2.44. The van der Waals surface area contributed by atoms with Gasteiger partial charge in [0.25, 0.3) is 0 Å². The van der Waals surface area contributed by atoms with Crippen LogP contribution in [-0.4, -0.2) is 136 Å². The SMILES string of the molecule is CC[C@H](C)[C@@H]1NC(=O)CNC(=O)[C@@H]2Cc3c([nH]c4ccccc34)SC[C@H](NC(=O)CNC1=O)C(=O)N[C@@H](CC(N)=O)C(=O)N1C[C@H](O)C[C@H]1C(=O)N[C@@H]([C@@H](C)CC)C(=O)N2. The van der Waals surface area contributed by atoms with E-state index in [0.717, 1.165) is 16.7 Å². The molecule has 1 saturated heterocycles. The number of nitrogens with one attached hydrogen (secondary N) is 8. The summed E-state index contributed by atoms with van der Waals surface area (Å²) in [6.07, 6.45) is -1.43. The highest BCUT2D eigenvalue weighted by molar-refractivity contribution is 7.99. The van der Waals surface area contributed by atoms with Crippen LogP contribution in [0.4, 0.5) is 0 Å². The van der Waals surface area contributed by atoms with Crippen molar-refractivity contribution < 1.29 is 48.3 Å². The number of benzene rings is 1. The average molecular weight is 855 g/mol. The largest absolute Gasteiger partial charge is 0.391 e. The molecule has 9 amide bonds. The normalized spacial score (nSPS) is 27.8. The zero-order valence-corrected chi connectivity index (χ0v) is 34.7. The minimum absolute atomic E-state index is 0.147. The monoisotopic (exact) mass is 854 g/mol. The first-order valence-corrected chi connectivity index (χ1v) is 21.0. The number of para-hydroxylation sites is 1. The van der Waals surface area contributed by atoms with Crippen LogP contribution in [-0.2, 0) is 49.6 Å². The van der Waals surface area contributed by atoms with Gasteiger partial charge in [-0.1, -0.05) is 58.7 Å². The third-order valence-corrected chi connectivity index (χ3v) is 12.3. The molecule has 0 unspecified atom stereocenters. The predicted octanol–water partition coefficient (Wildman–Crippen LogP) is -2.58. The number of nitrogens with zero attached hydrogens (tertiary/aromatic N) is 1. The number of aliphatic hydroxyl groups is 1. The second kappa shape index (κ2) is 20.0. The van der Waals surface area contributed by atoms with E-state index in [1.807, 2.05) is 0 Å². The van der Waals surface area contributed by atoms with Crippen LogP contribution >= 0.6 is 11.8 Å². The number of H-pyrrole nitrogens is 1. The van der Waals surface area contributed by atoms with Crippen molar-refractivity contribution in [3.8, 4) is 0 Å². The van der Waals surface area contributed by atoms with Crippen LogP contribution in [0.1, 0.15) is 58.9 Å². The molecule has 1 aromatic carbocycles. The number of carbonyl (C=O) groups is 9. The highest BCUT2D eigenvalue weighted by atomic mass is 32.2. The van der Waals surface area contributed by atoms with Gasteiger partial charge in [-0.25, -0.2) is 0 Å². The standard InChI is InChI=1S/C39H54N10O10S/c1-5-18(3)31-36(57)42-14-29(52)43-26-17-60-38-22(21-9-7-8-10-23(21)46-38)12-24(33(54)41-15-30(53)47-31)44-37(58)32(19(4)6-2)48-35(56)27-11-20(50)16-49(27)39(59)25(13-28(40)51)45-34(26)55/h7-10,18-20,24-27,31-32,46,50H,5-6,11-17H2,1-4H3,(H2,40,51)(H,41,54)(H,42,57)(H,43,52)(H,44,58)(H,45,55)(H,47,53)(H,48,56)/t18-,19-,20+,24-,25-,26-,27-,31-,32-/m0/s1. The Bertz CT molecular complexity index is 2010. The van der Waals surface area contributed by atoms with Gasteiger partial charge in [-0.15, -0.1) is 11.8 Å². The lowest BCUT2D eigenvalue weighted by molar-refractivity contribution is -0.143. The van der Waals surface area contributed by atoms with Gasteiger partial charge in [0, 0.05) is 36.0 Å². The average Bonchev–Trinajstić information content (AvgIpc) is 3.78. The zero-order chi connectivity index (χ0) is 43.8. The van der Waals surface area contributed by atoms with Gasteiger partial charge < -0.3 is 57.9 Å². The molecular weight excluding hydrogens is 801 g/mol. The number of aromatic amines is 1. The molecule has 0 radical (unpaired) electrons. The number of aromatic nitrogens is 1. The molecular formula is C39H54N10O10S. The molecule has 21 heteroatoms. The van der Waals surface area contributed by atoms with Crippen molar-refractivity contribution in [2.75, 3.05) is 25.4 Å². The minimum Gasteiger partial charge on any atom is -0.391 e. The summed E-state index contributed by atoms with van der Waals surface area (Å²) in [6.45, 7) is 5.48. The van der Waals surface area contributed by atoms with E-state index in [9.17, 15) is 48.3 Å². The van der Waals surface area contributed by atoms with Gasteiger partial charge in [-0.3, -0.25) is 43.2 Å². The zero-order valence-electron chi connectivity index (χ0n) is 33.9. The number of primary amides is 1. The fourth-order valence-electron chi connectivity index (χ4n) is 7.40. The number of amides is 9. The Balaban J connectivity index is 1.67. The molecule has 3 aliphatic rings. The minimum atomic E-state index is -1.64. The topological polar surface area (TPSA) is 303 Å². The van der Waals surface area contributed by atoms with E-state index in [0.29, 0.717) is 34.3 Å². The Labute approximate surface area is 350 Å². The number of hydrogen-bond acceptors (Lipinski definition) is 11. The van der Waals surface area contributed by atoms with Crippen LogP contribution in [0.3, 0.4) is 0 Å². The smallest absolute Gasteiger partial charge is 0.246 e. The van der Waals surface area contributed by atoms with Crippen molar-refractivity contribution in [2.45, 2.75) is 107 Å². The molecule has 9 atom stereocenters.